The van der Waals surface area contributed by atoms with Crippen LogP contribution in [-0.4, -0.2) is 117 Å². The second kappa shape index (κ2) is 17.5. The number of nitrogens with one attached hydrogen (secondary N) is 3. The van der Waals surface area contributed by atoms with Crippen molar-refractivity contribution in [3.8, 4) is 0 Å². The molecular weight excluding hydrogens is 716 g/mol. The third-order valence-corrected chi connectivity index (χ3v) is 11.0. The lowest BCUT2D eigenvalue weighted by Gasteiger charge is -2.39. The number of benzene rings is 2. The number of carbonyl (C=O) groups is 6. The van der Waals surface area contributed by atoms with Crippen molar-refractivity contribution >= 4 is 41.1 Å². The third-order valence-electron chi connectivity index (χ3n) is 11.0. The van der Waals surface area contributed by atoms with Gasteiger partial charge in [0.15, 0.2) is 0 Å². The maximum Gasteiger partial charge on any atom is 0.270 e. The smallest absolute Gasteiger partial charge is 0.270 e. The molecule has 2 saturated heterocycles. The van der Waals surface area contributed by atoms with Crippen LogP contribution in [0.3, 0.4) is 0 Å². The highest BCUT2D eigenvalue weighted by atomic mass is 16.3. The molecule has 4 aliphatic rings. The van der Waals surface area contributed by atoms with E-state index in [9.17, 15) is 33.9 Å². The highest BCUT2D eigenvalue weighted by Crippen LogP contribution is 2.32. The molecule has 15 heteroatoms. The Morgan fingerprint density at radius 2 is 1.73 bits per heavy atom. The minimum absolute atomic E-state index is 0.0667. The average Bonchev–Trinajstić information content (AvgIpc) is 3.43. The van der Waals surface area contributed by atoms with Crippen LogP contribution in [0.2, 0.25) is 0 Å². The summed E-state index contributed by atoms with van der Waals surface area (Å²) in [6.45, 7) is 4.11. The summed E-state index contributed by atoms with van der Waals surface area (Å²) in [5.41, 5.74) is 4.64. The number of unbranched alkanes of at least 4 members (excludes halogenated alkanes) is 3. The molecule has 4 aliphatic heterocycles. The second-order valence-electron chi connectivity index (χ2n) is 15.1. The number of anilines is 1. The number of aliphatic hydroxyl groups is 1. The number of β-amino-alcohol motifs (C(OH)–C–C–N with tert-alkyl or cyclic N) is 1. The predicted molar refractivity (Wildman–Crippen MR) is 204 cm³/mol. The molecule has 0 aliphatic carbocycles. The summed E-state index contributed by atoms with van der Waals surface area (Å²) in [6, 6.07) is 14.0. The Morgan fingerprint density at radius 3 is 2.55 bits per heavy atom. The van der Waals surface area contributed by atoms with Crippen LogP contribution in [0.1, 0.15) is 93.0 Å². The molecule has 1 unspecified atom stereocenters. The molecular formula is C41H48N8O7. The highest BCUT2D eigenvalue weighted by Gasteiger charge is 2.45. The van der Waals surface area contributed by atoms with Gasteiger partial charge in [0.1, 0.15) is 18.1 Å². The van der Waals surface area contributed by atoms with Crippen LogP contribution in [0.4, 0.5) is 5.69 Å². The number of nitrogens with zero attached hydrogens (tertiary/aromatic N) is 5. The zero-order valence-corrected chi connectivity index (χ0v) is 31.4. The monoisotopic (exact) mass is 764 g/mol. The number of aromatic nitrogens is 2. The molecule has 294 valence electrons. The Morgan fingerprint density at radius 1 is 0.929 bits per heavy atom. The van der Waals surface area contributed by atoms with Gasteiger partial charge in [0, 0.05) is 70.0 Å². The first-order valence-corrected chi connectivity index (χ1v) is 19.6. The predicted octanol–water partition coefficient (Wildman–Crippen LogP) is 2.09. The molecule has 0 saturated carbocycles. The number of fused-ring (bicyclic) bond motifs is 2. The van der Waals surface area contributed by atoms with Crippen LogP contribution < -0.4 is 16.0 Å². The summed E-state index contributed by atoms with van der Waals surface area (Å²) in [4.78, 5) is 89.4. The van der Waals surface area contributed by atoms with E-state index in [0.29, 0.717) is 44.7 Å². The first-order valence-electron chi connectivity index (χ1n) is 19.6. The van der Waals surface area contributed by atoms with Gasteiger partial charge in [0.2, 0.25) is 17.7 Å². The maximum atomic E-state index is 13.3. The summed E-state index contributed by atoms with van der Waals surface area (Å²) >= 11 is 0. The zero-order chi connectivity index (χ0) is 39.2. The number of piperidine rings is 1. The summed E-state index contributed by atoms with van der Waals surface area (Å²) in [6.07, 6.45) is 6.21. The largest absolute Gasteiger partial charge is 0.390 e. The fraction of sp³-hybridized carbons (Fsp3) is 0.463. The van der Waals surface area contributed by atoms with Crippen molar-refractivity contribution in [2.45, 2.75) is 76.5 Å². The third kappa shape index (κ3) is 8.95. The van der Waals surface area contributed by atoms with Crippen LogP contribution in [0.25, 0.3) is 0 Å². The molecule has 7 rings (SSSR count). The zero-order valence-electron chi connectivity index (χ0n) is 31.4. The van der Waals surface area contributed by atoms with Gasteiger partial charge in [0.25, 0.3) is 17.7 Å². The van der Waals surface area contributed by atoms with Crippen LogP contribution in [0.5, 0.6) is 0 Å². The van der Waals surface area contributed by atoms with Gasteiger partial charge in [0.05, 0.1) is 17.2 Å². The average molecular weight is 765 g/mol. The number of rotatable bonds is 16. The Hall–Kier alpha value is -5.54. The molecule has 1 aromatic heterocycles. The summed E-state index contributed by atoms with van der Waals surface area (Å²) in [5, 5.41) is 18.9. The number of hydrogen-bond acceptors (Lipinski definition) is 11. The number of amides is 6. The standard InChI is InChI=1S/C41H48N8O7/c50-30(24-47-17-15-27-8-4-5-9-28(27)23-47)20-43-38(53)33-19-29(44-25-45-33)18-26-21-48(22-26)36(52)12-3-1-2-6-16-42-32-11-7-10-31-37(32)41(56)49(40(31)55)34-13-14-35(51)46-39(34)54/h4-5,7-11,19,25-26,30,34,42,50H,1-3,6,12-18,20-24H2,(H,43,53)(H,46,51,54)/t30-,34?/m0/s1. The van der Waals surface area contributed by atoms with Crippen molar-refractivity contribution in [1.82, 2.24) is 35.3 Å². The van der Waals surface area contributed by atoms with Crippen LogP contribution in [-0.2, 0) is 33.8 Å². The Balaban J connectivity index is 0.762. The van der Waals surface area contributed by atoms with Crippen molar-refractivity contribution in [1.29, 1.82) is 0 Å². The molecule has 4 N–H and O–H groups in total. The second-order valence-corrected chi connectivity index (χ2v) is 15.1. The van der Waals surface area contributed by atoms with E-state index in [-0.39, 0.29) is 53.9 Å². The van der Waals surface area contributed by atoms with Crippen LogP contribution >= 0.6 is 0 Å². The molecule has 0 bridgehead atoms. The minimum Gasteiger partial charge on any atom is -0.390 e. The first kappa shape index (κ1) is 38.7. The highest BCUT2D eigenvalue weighted by molar-refractivity contribution is 6.25. The molecule has 5 heterocycles. The number of carbonyl (C=O) groups excluding carboxylic acids is 6. The van der Waals surface area contributed by atoms with E-state index >= 15 is 0 Å². The van der Waals surface area contributed by atoms with Crippen molar-refractivity contribution < 1.29 is 33.9 Å². The SMILES string of the molecule is O=C1CCC(N2C(=O)c3cccc(NCCCCCCC(=O)N4CC(Cc5cc(C(=O)NC[C@H](O)CN6CCc7ccccc7C6)ncn5)C4)c3C2=O)C(=O)N1. The molecule has 2 aromatic carbocycles. The van der Waals surface area contributed by atoms with Gasteiger partial charge in [-0.3, -0.25) is 43.9 Å². The first-order chi connectivity index (χ1) is 27.1. The molecule has 0 spiro atoms. The molecule has 15 nitrogen and oxygen atoms in total. The Bertz CT molecular complexity index is 2000. The van der Waals surface area contributed by atoms with E-state index in [4.69, 9.17) is 0 Å². The van der Waals surface area contributed by atoms with Crippen molar-refractivity contribution in [2.75, 3.05) is 44.6 Å². The normalized spacial score (nSPS) is 18.9. The van der Waals surface area contributed by atoms with E-state index in [1.54, 1.807) is 24.3 Å². The minimum atomic E-state index is -1.01. The lowest BCUT2D eigenvalue weighted by Crippen LogP contribution is -2.54. The van der Waals surface area contributed by atoms with E-state index in [0.717, 1.165) is 55.8 Å². The van der Waals surface area contributed by atoms with E-state index in [1.165, 1.54) is 17.5 Å². The topological polar surface area (TPSA) is 194 Å². The van der Waals surface area contributed by atoms with Gasteiger partial charge in [-0.15, -0.1) is 0 Å². The van der Waals surface area contributed by atoms with Gasteiger partial charge in [-0.05, 0) is 67.3 Å². The summed E-state index contributed by atoms with van der Waals surface area (Å²) in [5.74, 6) is -2.10. The van der Waals surface area contributed by atoms with Gasteiger partial charge in [-0.1, -0.05) is 43.2 Å². The lowest BCUT2D eigenvalue weighted by molar-refractivity contribution is -0.138. The Kier molecular flexibility index (Phi) is 12.1. The van der Waals surface area contributed by atoms with Crippen molar-refractivity contribution in [3.05, 3.63) is 88.5 Å². The summed E-state index contributed by atoms with van der Waals surface area (Å²) in [7, 11) is 0. The Labute approximate surface area is 325 Å². The number of aliphatic hydroxyl groups excluding tert-OH is 1. The van der Waals surface area contributed by atoms with Gasteiger partial charge in [-0.25, -0.2) is 9.97 Å². The van der Waals surface area contributed by atoms with Crippen molar-refractivity contribution in [3.63, 3.8) is 0 Å². The number of imide groups is 2. The molecule has 2 fully saturated rings. The molecule has 56 heavy (non-hydrogen) atoms. The molecule has 6 amide bonds. The van der Waals surface area contributed by atoms with E-state index in [2.05, 4.69) is 43.0 Å². The van der Waals surface area contributed by atoms with Crippen molar-refractivity contribution in [2.24, 2.45) is 5.92 Å². The van der Waals surface area contributed by atoms with Crippen LogP contribution in [0.15, 0.2) is 54.9 Å². The van der Waals surface area contributed by atoms with Gasteiger partial charge >= 0.3 is 0 Å². The van der Waals surface area contributed by atoms with Gasteiger partial charge in [-0.2, -0.15) is 0 Å². The molecule has 2 atom stereocenters. The number of hydrogen-bond donors (Lipinski definition) is 4. The maximum absolute atomic E-state index is 13.3. The lowest BCUT2D eigenvalue weighted by atomic mass is 9.93. The van der Waals surface area contributed by atoms with Gasteiger partial charge < -0.3 is 20.6 Å². The molecule has 0 radical (unpaired) electrons. The number of likely N-dealkylation sites (tertiary alicyclic amines) is 1. The van der Waals surface area contributed by atoms with E-state index < -0.39 is 35.8 Å². The summed E-state index contributed by atoms with van der Waals surface area (Å²) < 4.78 is 0. The molecule has 3 aromatic rings. The quantitative estimate of drug-likeness (QED) is 0.123. The van der Waals surface area contributed by atoms with Crippen LogP contribution in [0, 0.1) is 5.92 Å². The van der Waals surface area contributed by atoms with E-state index in [1.807, 2.05) is 17.0 Å². The fourth-order valence-corrected chi connectivity index (χ4v) is 8.00. The fourth-order valence-electron chi connectivity index (χ4n) is 8.00.